The average Bonchev–Trinajstić information content (AvgIpc) is 2.76. The minimum Gasteiger partial charge on any atom is -0.356 e. The highest BCUT2D eigenvalue weighted by molar-refractivity contribution is 5.90. The summed E-state index contributed by atoms with van der Waals surface area (Å²) >= 11 is 0. The molecule has 0 spiro atoms. The van der Waals surface area contributed by atoms with E-state index in [1.807, 2.05) is 30.9 Å². The molecular weight excluding hydrogens is 376 g/mol. The number of piperazine rings is 1. The number of aromatic nitrogens is 2. The number of amides is 2. The Hall–Kier alpha value is -2.83. The van der Waals surface area contributed by atoms with Crippen molar-refractivity contribution in [2.45, 2.75) is 40.0 Å². The van der Waals surface area contributed by atoms with Crippen molar-refractivity contribution in [3.8, 4) is 0 Å². The van der Waals surface area contributed by atoms with Crippen molar-refractivity contribution in [1.82, 2.24) is 14.9 Å². The molecule has 1 aromatic carbocycles. The van der Waals surface area contributed by atoms with Gasteiger partial charge in [0.1, 0.15) is 5.82 Å². The van der Waals surface area contributed by atoms with E-state index in [0.29, 0.717) is 13.1 Å². The minimum absolute atomic E-state index is 0.0410. The van der Waals surface area contributed by atoms with Gasteiger partial charge < -0.3 is 20.0 Å². The van der Waals surface area contributed by atoms with Crippen LogP contribution in [-0.4, -0.2) is 60.2 Å². The number of anilines is 3. The van der Waals surface area contributed by atoms with Crippen LogP contribution in [0.25, 0.3) is 0 Å². The number of piperidine rings is 1. The molecule has 30 heavy (non-hydrogen) atoms. The summed E-state index contributed by atoms with van der Waals surface area (Å²) in [6, 6.07) is 8.13. The van der Waals surface area contributed by atoms with Crippen molar-refractivity contribution in [2.75, 3.05) is 54.4 Å². The topological polar surface area (TPSA) is 64.6 Å². The standard InChI is InChI=1S/C23H32N6O/c1-17-7-8-20(18(2)15-17)25-23(30)29-13-11-28(12-14-29)22-24-19(3)16-21(26-22)27-9-5-4-6-10-27/h7-8,15-16H,4-6,9-14H2,1-3H3,(H,25,30). The first kappa shape index (κ1) is 20.4. The zero-order valence-electron chi connectivity index (χ0n) is 18.3. The van der Waals surface area contributed by atoms with E-state index in [9.17, 15) is 4.79 Å². The van der Waals surface area contributed by atoms with Gasteiger partial charge in [0.15, 0.2) is 0 Å². The Morgan fingerprint density at radius 2 is 1.60 bits per heavy atom. The Balaban J connectivity index is 1.38. The van der Waals surface area contributed by atoms with Crippen LogP contribution in [0.15, 0.2) is 24.3 Å². The maximum absolute atomic E-state index is 12.7. The van der Waals surface area contributed by atoms with E-state index < -0.39 is 0 Å². The Bertz CT molecular complexity index is 901. The maximum atomic E-state index is 12.7. The lowest BCUT2D eigenvalue weighted by molar-refractivity contribution is 0.208. The number of nitrogens with one attached hydrogen (secondary N) is 1. The van der Waals surface area contributed by atoms with Gasteiger partial charge in [-0.25, -0.2) is 9.78 Å². The fraction of sp³-hybridized carbons (Fsp3) is 0.522. The first-order valence-electron chi connectivity index (χ1n) is 11.0. The molecule has 1 aromatic heterocycles. The molecule has 160 valence electrons. The highest BCUT2D eigenvalue weighted by Gasteiger charge is 2.24. The summed E-state index contributed by atoms with van der Waals surface area (Å²) in [6.45, 7) is 11.1. The maximum Gasteiger partial charge on any atom is 0.321 e. The number of benzene rings is 1. The largest absolute Gasteiger partial charge is 0.356 e. The molecule has 0 aliphatic carbocycles. The SMILES string of the molecule is Cc1ccc(NC(=O)N2CCN(c3nc(C)cc(N4CCCCC4)n3)CC2)c(C)c1. The van der Waals surface area contributed by atoms with Crippen molar-refractivity contribution in [3.63, 3.8) is 0 Å². The van der Waals surface area contributed by atoms with Gasteiger partial charge in [-0.2, -0.15) is 4.98 Å². The Labute approximate surface area is 179 Å². The molecule has 2 aromatic rings. The molecule has 0 bridgehead atoms. The molecule has 4 rings (SSSR count). The second kappa shape index (κ2) is 8.90. The quantitative estimate of drug-likeness (QED) is 0.838. The third kappa shape index (κ3) is 4.66. The molecule has 2 aliphatic heterocycles. The number of nitrogens with zero attached hydrogens (tertiary/aromatic N) is 5. The molecule has 1 N–H and O–H groups in total. The predicted octanol–water partition coefficient (Wildman–Crippen LogP) is 3.75. The second-order valence-corrected chi connectivity index (χ2v) is 8.44. The van der Waals surface area contributed by atoms with Gasteiger partial charge in [0.2, 0.25) is 5.95 Å². The molecule has 0 saturated carbocycles. The van der Waals surface area contributed by atoms with Gasteiger partial charge in [-0.3, -0.25) is 0 Å². The molecule has 2 aliphatic rings. The van der Waals surface area contributed by atoms with Crippen molar-refractivity contribution < 1.29 is 4.79 Å². The summed E-state index contributed by atoms with van der Waals surface area (Å²) in [7, 11) is 0. The van der Waals surface area contributed by atoms with Gasteiger partial charge in [0.05, 0.1) is 0 Å². The van der Waals surface area contributed by atoms with E-state index in [1.54, 1.807) is 0 Å². The van der Waals surface area contributed by atoms with Gasteiger partial charge in [0, 0.05) is 56.7 Å². The van der Waals surface area contributed by atoms with E-state index in [4.69, 9.17) is 4.98 Å². The van der Waals surface area contributed by atoms with Crippen LogP contribution in [0.2, 0.25) is 0 Å². The van der Waals surface area contributed by atoms with Crippen LogP contribution in [-0.2, 0) is 0 Å². The minimum atomic E-state index is -0.0410. The molecular formula is C23H32N6O. The summed E-state index contributed by atoms with van der Waals surface area (Å²) in [4.78, 5) is 28.7. The number of hydrogen-bond donors (Lipinski definition) is 1. The Morgan fingerprint density at radius 1 is 0.867 bits per heavy atom. The molecule has 2 saturated heterocycles. The zero-order chi connectivity index (χ0) is 21.1. The first-order valence-corrected chi connectivity index (χ1v) is 11.0. The van der Waals surface area contributed by atoms with Gasteiger partial charge >= 0.3 is 6.03 Å². The lowest BCUT2D eigenvalue weighted by Crippen LogP contribution is -2.50. The molecule has 0 atom stereocenters. The summed E-state index contributed by atoms with van der Waals surface area (Å²) in [5.74, 6) is 1.82. The predicted molar refractivity (Wildman–Crippen MR) is 122 cm³/mol. The summed E-state index contributed by atoms with van der Waals surface area (Å²) in [6.07, 6.45) is 3.76. The molecule has 2 fully saturated rings. The third-order valence-electron chi connectivity index (χ3n) is 5.98. The van der Waals surface area contributed by atoms with Crippen molar-refractivity contribution in [3.05, 3.63) is 41.1 Å². The average molecular weight is 409 g/mol. The summed E-state index contributed by atoms with van der Waals surface area (Å²) in [5, 5.41) is 3.05. The number of carbonyl (C=O) groups excluding carboxylic acids is 1. The van der Waals surface area contributed by atoms with Crippen LogP contribution in [0.3, 0.4) is 0 Å². The van der Waals surface area contributed by atoms with Crippen LogP contribution in [0, 0.1) is 20.8 Å². The molecule has 3 heterocycles. The normalized spacial score (nSPS) is 17.2. The van der Waals surface area contributed by atoms with Crippen LogP contribution in [0.4, 0.5) is 22.2 Å². The van der Waals surface area contributed by atoms with Crippen molar-refractivity contribution in [1.29, 1.82) is 0 Å². The number of aryl methyl sites for hydroxylation is 3. The summed E-state index contributed by atoms with van der Waals surface area (Å²) in [5.41, 5.74) is 4.15. The lowest BCUT2D eigenvalue weighted by Gasteiger charge is -2.35. The number of urea groups is 1. The van der Waals surface area contributed by atoms with Crippen molar-refractivity contribution in [2.24, 2.45) is 0 Å². The first-order chi connectivity index (χ1) is 14.5. The third-order valence-corrected chi connectivity index (χ3v) is 5.98. The van der Waals surface area contributed by atoms with Crippen LogP contribution in [0.1, 0.15) is 36.1 Å². The van der Waals surface area contributed by atoms with E-state index in [2.05, 4.69) is 39.2 Å². The van der Waals surface area contributed by atoms with Crippen LogP contribution in [0.5, 0.6) is 0 Å². The van der Waals surface area contributed by atoms with Gasteiger partial charge in [-0.1, -0.05) is 17.7 Å². The van der Waals surface area contributed by atoms with E-state index in [0.717, 1.165) is 54.9 Å². The van der Waals surface area contributed by atoms with E-state index >= 15 is 0 Å². The monoisotopic (exact) mass is 408 g/mol. The van der Waals surface area contributed by atoms with Gasteiger partial charge in [-0.15, -0.1) is 0 Å². The second-order valence-electron chi connectivity index (χ2n) is 8.44. The number of rotatable bonds is 3. The Kier molecular flexibility index (Phi) is 6.06. The fourth-order valence-electron chi connectivity index (χ4n) is 4.22. The van der Waals surface area contributed by atoms with Crippen LogP contribution >= 0.6 is 0 Å². The van der Waals surface area contributed by atoms with E-state index in [-0.39, 0.29) is 6.03 Å². The number of carbonyl (C=O) groups is 1. The smallest absolute Gasteiger partial charge is 0.321 e. The van der Waals surface area contributed by atoms with Gasteiger partial charge in [0.25, 0.3) is 0 Å². The highest BCUT2D eigenvalue weighted by Crippen LogP contribution is 2.22. The molecule has 2 amide bonds. The van der Waals surface area contributed by atoms with E-state index in [1.165, 1.54) is 24.8 Å². The van der Waals surface area contributed by atoms with Gasteiger partial charge in [-0.05, 0) is 51.7 Å². The molecule has 7 heteroatoms. The molecule has 0 unspecified atom stereocenters. The van der Waals surface area contributed by atoms with Crippen LogP contribution < -0.4 is 15.1 Å². The number of hydrogen-bond acceptors (Lipinski definition) is 5. The Morgan fingerprint density at radius 3 is 2.30 bits per heavy atom. The zero-order valence-corrected chi connectivity index (χ0v) is 18.3. The lowest BCUT2D eigenvalue weighted by atomic mass is 10.1. The van der Waals surface area contributed by atoms with Crippen molar-refractivity contribution >= 4 is 23.5 Å². The highest BCUT2D eigenvalue weighted by atomic mass is 16.2. The molecule has 0 radical (unpaired) electrons. The fourth-order valence-corrected chi connectivity index (χ4v) is 4.22. The molecule has 7 nitrogen and oxygen atoms in total. The summed E-state index contributed by atoms with van der Waals surface area (Å²) < 4.78 is 0.